The molecule has 1 aliphatic heterocycles. The molecule has 1 fully saturated rings. The summed E-state index contributed by atoms with van der Waals surface area (Å²) in [7, 11) is 0. The fourth-order valence-corrected chi connectivity index (χ4v) is 5.48. The van der Waals surface area contributed by atoms with Crippen molar-refractivity contribution in [2.45, 2.75) is 53.5 Å². The van der Waals surface area contributed by atoms with E-state index in [1.54, 1.807) is 44.2 Å². The van der Waals surface area contributed by atoms with Crippen LogP contribution >= 0.6 is 11.3 Å². The fourth-order valence-electron chi connectivity index (χ4n) is 4.49. The Morgan fingerprint density at radius 1 is 1.00 bits per heavy atom. The summed E-state index contributed by atoms with van der Waals surface area (Å²) in [5.74, 6) is -1.61. The normalized spacial score (nSPS) is 16.2. The zero-order valence-electron chi connectivity index (χ0n) is 23.9. The van der Waals surface area contributed by atoms with E-state index in [1.165, 1.54) is 4.90 Å². The van der Waals surface area contributed by atoms with Gasteiger partial charge in [-0.25, -0.2) is 9.78 Å². The second kappa shape index (κ2) is 13.0. The minimum absolute atomic E-state index is 0.0912. The van der Waals surface area contributed by atoms with Crippen molar-refractivity contribution >= 4 is 39.9 Å². The number of rotatable bonds is 11. The molecule has 216 valence electrons. The summed E-state index contributed by atoms with van der Waals surface area (Å²) < 4.78 is 16.9. The van der Waals surface area contributed by atoms with Crippen molar-refractivity contribution in [1.82, 2.24) is 4.98 Å². The lowest BCUT2D eigenvalue weighted by Crippen LogP contribution is -2.29. The fraction of sp³-hybridized carbons (Fsp3) is 0.355. The topological polar surface area (TPSA) is 115 Å². The number of anilines is 1. The number of carbonyl (C=O) groups excluding carboxylic acids is 3. The van der Waals surface area contributed by atoms with Gasteiger partial charge in [-0.3, -0.25) is 14.5 Å². The zero-order chi connectivity index (χ0) is 29.7. The van der Waals surface area contributed by atoms with E-state index in [4.69, 9.17) is 14.2 Å². The molecule has 1 N–H and O–H groups in total. The minimum atomic E-state index is -1.04. The summed E-state index contributed by atoms with van der Waals surface area (Å²) in [5, 5.41) is 11.6. The summed E-state index contributed by atoms with van der Waals surface area (Å²) in [4.78, 5) is 45.6. The van der Waals surface area contributed by atoms with E-state index >= 15 is 0 Å². The van der Waals surface area contributed by atoms with E-state index in [-0.39, 0.29) is 27.9 Å². The summed E-state index contributed by atoms with van der Waals surface area (Å²) in [5.41, 5.74) is 2.16. The monoisotopic (exact) mass is 578 g/mol. The SMILES string of the molecule is CCCCOc1ccc(C2/C(=C(\O)c3ccc(C)cc3)C(=O)C(=O)N2c2nc(C)c(C(=O)OCC)s2)cc1OCC. The van der Waals surface area contributed by atoms with Crippen LogP contribution in [0.5, 0.6) is 11.5 Å². The van der Waals surface area contributed by atoms with Crippen molar-refractivity contribution in [3.8, 4) is 11.5 Å². The van der Waals surface area contributed by atoms with Crippen LogP contribution in [0, 0.1) is 13.8 Å². The summed E-state index contributed by atoms with van der Waals surface area (Å²) in [6.45, 7) is 10.2. The van der Waals surface area contributed by atoms with Crippen molar-refractivity contribution in [3.63, 3.8) is 0 Å². The average molecular weight is 579 g/mol. The third kappa shape index (κ3) is 6.12. The third-order valence-corrected chi connectivity index (χ3v) is 7.70. The number of amides is 1. The molecule has 0 aliphatic carbocycles. The molecule has 4 rings (SSSR count). The molecule has 0 saturated carbocycles. The number of aryl methyl sites for hydroxylation is 2. The third-order valence-electron chi connectivity index (χ3n) is 6.56. The number of esters is 1. The zero-order valence-corrected chi connectivity index (χ0v) is 24.7. The number of ketones is 1. The Kier molecular flexibility index (Phi) is 9.44. The first-order valence-electron chi connectivity index (χ1n) is 13.6. The molecule has 1 saturated heterocycles. The molecule has 10 heteroatoms. The number of carbonyl (C=O) groups is 3. The number of hydrogen-bond acceptors (Lipinski definition) is 9. The van der Waals surface area contributed by atoms with Crippen molar-refractivity contribution in [2.75, 3.05) is 24.7 Å². The van der Waals surface area contributed by atoms with Crippen LogP contribution in [0.15, 0.2) is 48.0 Å². The lowest BCUT2D eigenvalue weighted by atomic mass is 9.95. The van der Waals surface area contributed by atoms with Gasteiger partial charge in [0.05, 0.1) is 37.1 Å². The number of aliphatic hydroxyl groups is 1. The van der Waals surface area contributed by atoms with Gasteiger partial charge in [-0.2, -0.15) is 0 Å². The number of ether oxygens (including phenoxy) is 3. The van der Waals surface area contributed by atoms with Crippen molar-refractivity contribution in [3.05, 3.63) is 75.3 Å². The molecule has 1 amide bonds. The van der Waals surface area contributed by atoms with Crippen molar-refractivity contribution < 1.29 is 33.7 Å². The number of aromatic nitrogens is 1. The van der Waals surface area contributed by atoms with E-state index in [0.29, 0.717) is 41.5 Å². The lowest BCUT2D eigenvalue weighted by Gasteiger charge is -2.24. The van der Waals surface area contributed by atoms with E-state index < -0.39 is 23.7 Å². The van der Waals surface area contributed by atoms with Gasteiger partial charge in [-0.05, 0) is 51.8 Å². The highest BCUT2D eigenvalue weighted by atomic mass is 32.1. The number of nitrogens with zero attached hydrogens (tertiary/aromatic N) is 2. The van der Waals surface area contributed by atoms with E-state index in [0.717, 1.165) is 29.7 Å². The van der Waals surface area contributed by atoms with Crippen LogP contribution in [0.2, 0.25) is 0 Å². The molecule has 2 heterocycles. The predicted molar refractivity (Wildman–Crippen MR) is 157 cm³/mol. The largest absolute Gasteiger partial charge is 0.507 e. The number of hydrogen-bond donors (Lipinski definition) is 1. The quantitative estimate of drug-likeness (QED) is 0.0949. The Labute approximate surface area is 243 Å². The maximum absolute atomic E-state index is 13.6. The van der Waals surface area contributed by atoms with E-state index in [9.17, 15) is 19.5 Å². The van der Waals surface area contributed by atoms with Gasteiger partial charge in [0.15, 0.2) is 16.6 Å². The van der Waals surface area contributed by atoms with Crippen LogP contribution in [0.1, 0.15) is 71.7 Å². The highest BCUT2D eigenvalue weighted by molar-refractivity contribution is 7.17. The van der Waals surface area contributed by atoms with Crippen LogP contribution in [-0.4, -0.2) is 47.6 Å². The van der Waals surface area contributed by atoms with Crippen LogP contribution in [0.3, 0.4) is 0 Å². The van der Waals surface area contributed by atoms with Crippen LogP contribution in [0.4, 0.5) is 5.13 Å². The van der Waals surface area contributed by atoms with Gasteiger partial charge in [0, 0.05) is 5.56 Å². The maximum atomic E-state index is 13.6. The summed E-state index contributed by atoms with van der Waals surface area (Å²) >= 11 is 0.959. The Bertz CT molecular complexity index is 1480. The van der Waals surface area contributed by atoms with Gasteiger partial charge in [-0.1, -0.05) is 60.6 Å². The number of aliphatic hydroxyl groups excluding tert-OH is 1. The molecule has 2 aromatic carbocycles. The van der Waals surface area contributed by atoms with Gasteiger partial charge in [0.25, 0.3) is 5.78 Å². The number of thiazole rings is 1. The Morgan fingerprint density at radius 3 is 2.39 bits per heavy atom. The first kappa shape index (κ1) is 29.8. The molecule has 0 spiro atoms. The van der Waals surface area contributed by atoms with Crippen LogP contribution < -0.4 is 14.4 Å². The minimum Gasteiger partial charge on any atom is -0.507 e. The Morgan fingerprint density at radius 2 is 1.73 bits per heavy atom. The Balaban J connectivity index is 1.90. The second-order valence-corrected chi connectivity index (χ2v) is 10.5. The van der Waals surface area contributed by atoms with Crippen molar-refractivity contribution in [1.29, 1.82) is 0 Å². The number of benzene rings is 2. The summed E-state index contributed by atoms with van der Waals surface area (Å²) in [6.07, 6.45) is 1.84. The number of Topliss-reactive ketones (excluding diaryl/α,β-unsaturated/α-hetero) is 1. The van der Waals surface area contributed by atoms with Crippen LogP contribution in [-0.2, 0) is 14.3 Å². The lowest BCUT2D eigenvalue weighted by molar-refractivity contribution is -0.132. The van der Waals surface area contributed by atoms with Crippen LogP contribution in [0.25, 0.3) is 5.76 Å². The molecule has 0 radical (unpaired) electrons. The van der Waals surface area contributed by atoms with E-state index in [2.05, 4.69) is 11.9 Å². The number of unbranched alkanes of at least 4 members (excludes halogenated alkanes) is 1. The van der Waals surface area contributed by atoms with E-state index in [1.807, 2.05) is 26.0 Å². The van der Waals surface area contributed by atoms with Gasteiger partial charge in [0.1, 0.15) is 10.6 Å². The van der Waals surface area contributed by atoms with Gasteiger partial charge in [0.2, 0.25) is 0 Å². The first-order chi connectivity index (χ1) is 19.7. The standard InChI is InChI=1S/C31H34N2O7S/c1-6-9-16-40-22-15-14-21(17-23(22)38-7-2)25-24(26(34)20-12-10-18(4)11-13-20)27(35)29(36)33(25)31-32-19(5)28(41-31)30(37)39-8-3/h10-15,17,25,34H,6-9,16H2,1-5H3/b26-24+. The molecule has 1 aromatic heterocycles. The molecular formula is C31H34N2O7S. The van der Waals surface area contributed by atoms with Gasteiger partial charge in [-0.15, -0.1) is 0 Å². The molecule has 3 aromatic rings. The molecule has 9 nitrogen and oxygen atoms in total. The summed E-state index contributed by atoms with van der Waals surface area (Å²) in [6, 6.07) is 11.2. The molecule has 41 heavy (non-hydrogen) atoms. The second-order valence-electron chi connectivity index (χ2n) is 9.51. The molecule has 0 bridgehead atoms. The maximum Gasteiger partial charge on any atom is 0.350 e. The molecule has 1 aliphatic rings. The first-order valence-corrected chi connectivity index (χ1v) is 14.4. The molecule has 1 unspecified atom stereocenters. The Hall–Kier alpha value is -4.18. The highest BCUT2D eigenvalue weighted by Gasteiger charge is 2.48. The smallest absolute Gasteiger partial charge is 0.350 e. The van der Waals surface area contributed by atoms with Gasteiger partial charge >= 0.3 is 11.9 Å². The van der Waals surface area contributed by atoms with Crippen molar-refractivity contribution in [2.24, 2.45) is 0 Å². The highest BCUT2D eigenvalue weighted by Crippen LogP contribution is 2.45. The van der Waals surface area contributed by atoms with Gasteiger partial charge < -0.3 is 19.3 Å². The average Bonchev–Trinajstić information content (AvgIpc) is 3.46. The molecule has 1 atom stereocenters. The predicted octanol–water partition coefficient (Wildman–Crippen LogP) is 6.14. The molecular weight excluding hydrogens is 544 g/mol.